The smallest absolute Gasteiger partial charge is 0.243 e. The molecule has 1 fully saturated rings. The van der Waals surface area contributed by atoms with Gasteiger partial charge in [0, 0.05) is 49.6 Å². The Hall–Kier alpha value is -2.22. The quantitative estimate of drug-likeness (QED) is 0.634. The van der Waals surface area contributed by atoms with E-state index < -0.39 is 10.0 Å². The highest BCUT2D eigenvalue weighted by Gasteiger charge is 2.30. The van der Waals surface area contributed by atoms with Gasteiger partial charge in [-0.1, -0.05) is 29.3 Å². The molecule has 0 bridgehead atoms. The van der Waals surface area contributed by atoms with Gasteiger partial charge in [0.2, 0.25) is 15.9 Å². The van der Waals surface area contributed by atoms with Crippen LogP contribution in [0.2, 0.25) is 5.02 Å². The normalized spacial score (nSPS) is 15.2. The molecule has 0 spiro atoms. The number of rotatable bonds is 6. The van der Waals surface area contributed by atoms with Gasteiger partial charge in [0.05, 0.1) is 4.90 Å². The molecule has 0 N–H and O–H groups in total. The van der Waals surface area contributed by atoms with E-state index in [0.717, 1.165) is 11.1 Å². The molecule has 0 aliphatic carbocycles. The Morgan fingerprint density at radius 3 is 2.20 bits per heavy atom. The number of carbonyl (C=O) groups excluding carboxylic acids is 2. The van der Waals surface area contributed by atoms with E-state index in [1.165, 1.54) is 16.4 Å². The number of hydrogen-bond acceptors (Lipinski definition) is 4. The molecule has 1 heterocycles. The van der Waals surface area contributed by atoms with Gasteiger partial charge < -0.3 is 4.90 Å². The Morgan fingerprint density at radius 2 is 1.57 bits per heavy atom. The molecule has 2 aromatic carbocycles. The summed E-state index contributed by atoms with van der Waals surface area (Å²) in [7, 11) is -3.62. The maximum absolute atomic E-state index is 12.7. The van der Waals surface area contributed by atoms with Crippen LogP contribution in [-0.2, 0) is 14.8 Å². The molecular formula is C22H25ClN2O4S. The molecule has 1 aliphatic rings. The standard InChI is InChI=1S/C22H25ClN2O4S/c1-16-3-4-17(2)20(15-16)21(26)9-10-22(27)24-11-13-25(14-12-24)30(28,29)19-7-5-18(23)6-8-19/h3-8,15H,9-14H2,1-2H3. The van der Waals surface area contributed by atoms with Gasteiger partial charge in [0.25, 0.3) is 0 Å². The highest BCUT2D eigenvalue weighted by atomic mass is 35.5. The van der Waals surface area contributed by atoms with Crippen molar-refractivity contribution in [2.45, 2.75) is 31.6 Å². The minimum atomic E-state index is -3.62. The average Bonchev–Trinajstić information content (AvgIpc) is 2.74. The molecule has 0 radical (unpaired) electrons. The summed E-state index contributed by atoms with van der Waals surface area (Å²) in [6, 6.07) is 11.8. The van der Waals surface area contributed by atoms with E-state index in [4.69, 9.17) is 11.6 Å². The second-order valence-electron chi connectivity index (χ2n) is 7.48. The van der Waals surface area contributed by atoms with Crippen molar-refractivity contribution >= 4 is 33.3 Å². The number of amides is 1. The predicted octanol–water partition coefficient (Wildman–Crippen LogP) is 3.45. The molecule has 0 unspecified atom stereocenters. The zero-order chi connectivity index (χ0) is 21.9. The van der Waals surface area contributed by atoms with Crippen LogP contribution in [0.5, 0.6) is 0 Å². The highest BCUT2D eigenvalue weighted by Crippen LogP contribution is 2.20. The fourth-order valence-corrected chi connectivity index (χ4v) is 5.03. The van der Waals surface area contributed by atoms with E-state index in [1.807, 2.05) is 32.0 Å². The van der Waals surface area contributed by atoms with Crippen molar-refractivity contribution in [1.82, 2.24) is 9.21 Å². The summed E-state index contributed by atoms with van der Waals surface area (Å²) >= 11 is 5.83. The van der Waals surface area contributed by atoms with Gasteiger partial charge in [-0.2, -0.15) is 4.31 Å². The number of hydrogen-bond donors (Lipinski definition) is 0. The summed E-state index contributed by atoms with van der Waals surface area (Å²) in [5, 5.41) is 0.472. The Kier molecular flexibility index (Phi) is 6.95. The van der Waals surface area contributed by atoms with Crippen molar-refractivity contribution in [3.05, 3.63) is 64.2 Å². The maximum atomic E-state index is 12.7. The first-order valence-electron chi connectivity index (χ1n) is 9.82. The van der Waals surface area contributed by atoms with Gasteiger partial charge in [-0.15, -0.1) is 0 Å². The molecule has 3 rings (SSSR count). The average molecular weight is 449 g/mol. The van der Waals surface area contributed by atoms with Crippen molar-refractivity contribution in [2.75, 3.05) is 26.2 Å². The van der Waals surface area contributed by atoms with Gasteiger partial charge in [0.15, 0.2) is 5.78 Å². The fraction of sp³-hybridized carbons (Fsp3) is 0.364. The number of carbonyl (C=O) groups is 2. The van der Waals surface area contributed by atoms with Crippen LogP contribution >= 0.6 is 11.6 Å². The fourth-order valence-electron chi connectivity index (χ4n) is 3.48. The molecule has 1 aliphatic heterocycles. The first kappa shape index (κ1) is 22.5. The molecule has 1 saturated heterocycles. The zero-order valence-corrected chi connectivity index (χ0v) is 18.7. The summed E-state index contributed by atoms with van der Waals surface area (Å²) < 4.78 is 26.9. The summed E-state index contributed by atoms with van der Waals surface area (Å²) in [6.45, 7) is 4.88. The van der Waals surface area contributed by atoms with Crippen LogP contribution in [0, 0.1) is 13.8 Å². The Morgan fingerprint density at radius 1 is 0.933 bits per heavy atom. The monoisotopic (exact) mass is 448 g/mol. The molecule has 30 heavy (non-hydrogen) atoms. The van der Waals surface area contributed by atoms with E-state index in [-0.39, 0.29) is 42.5 Å². The zero-order valence-electron chi connectivity index (χ0n) is 17.1. The van der Waals surface area contributed by atoms with Crippen LogP contribution in [0.15, 0.2) is 47.4 Å². The van der Waals surface area contributed by atoms with E-state index in [1.54, 1.807) is 17.0 Å². The molecule has 0 aromatic heterocycles. The molecule has 2 aromatic rings. The van der Waals surface area contributed by atoms with E-state index in [9.17, 15) is 18.0 Å². The number of Topliss-reactive ketones (excluding diaryl/α,β-unsaturated/α-hetero) is 1. The van der Waals surface area contributed by atoms with E-state index in [0.29, 0.717) is 23.7 Å². The van der Waals surface area contributed by atoms with E-state index >= 15 is 0 Å². The van der Waals surface area contributed by atoms with Gasteiger partial charge in [-0.25, -0.2) is 8.42 Å². The lowest BCUT2D eigenvalue weighted by molar-refractivity contribution is -0.132. The van der Waals surface area contributed by atoms with Crippen LogP contribution in [0.1, 0.15) is 34.3 Å². The van der Waals surface area contributed by atoms with E-state index in [2.05, 4.69) is 0 Å². The van der Waals surface area contributed by atoms with Crippen LogP contribution in [0.25, 0.3) is 0 Å². The second kappa shape index (κ2) is 9.29. The largest absolute Gasteiger partial charge is 0.340 e. The number of piperazine rings is 1. The Bertz CT molecular complexity index is 1040. The lowest BCUT2D eigenvalue weighted by Crippen LogP contribution is -2.50. The Balaban J connectivity index is 1.54. The van der Waals surface area contributed by atoms with Gasteiger partial charge in [0.1, 0.15) is 0 Å². The second-order valence-corrected chi connectivity index (χ2v) is 9.85. The SMILES string of the molecule is Cc1ccc(C)c(C(=O)CCC(=O)N2CCN(S(=O)(=O)c3ccc(Cl)cc3)CC2)c1. The predicted molar refractivity (Wildman–Crippen MR) is 116 cm³/mol. The van der Waals surface area contributed by atoms with Gasteiger partial charge in [-0.05, 0) is 49.7 Å². The summed E-state index contributed by atoms with van der Waals surface area (Å²) in [5.74, 6) is -0.175. The van der Waals surface area contributed by atoms with Gasteiger partial charge in [-0.3, -0.25) is 9.59 Å². The molecule has 160 valence electrons. The van der Waals surface area contributed by atoms with Crippen LogP contribution in [-0.4, -0.2) is 55.5 Å². The number of aryl methyl sites for hydroxylation is 2. The lowest BCUT2D eigenvalue weighted by atomic mass is 9.99. The minimum Gasteiger partial charge on any atom is -0.340 e. The molecule has 0 saturated carbocycles. The summed E-state index contributed by atoms with van der Waals surface area (Å²) in [4.78, 5) is 26.9. The summed E-state index contributed by atoms with van der Waals surface area (Å²) in [5.41, 5.74) is 2.56. The van der Waals surface area contributed by atoms with Crippen molar-refractivity contribution < 1.29 is 18.0 Å². The third-order valence-electron chi connectivity index (χ3n) is 5.30. The molecule has 6 nitrogen and oxygen atoms in total. The van der Waals surface area contributed by atoms with Crippen LogP contribution < -0.4 is 0 Å². The number of ketones is 1. The third kappa shape index (κ3) is 5.09. The van der Waals surface area contributed by atoms with Gasteiger partial charge >= 0.3 is 0 Å². The van der Waals surface area contributed by atoms with Crippen molar-refractivity contribution in [2.24, 2.45) is 0 Å². The number of halogens is 1. The molecule has 8 heteroatoms. The highest BCUT2D eigenvalue weighted by molar-refractivity contribution is 7.89. The maximum Gasteiger partial charge on any atom is 0.243 e. The van der Waals surface area contributed by atoms with Crippen molar-refractivity contribution in [1.29, 1.82) is 0 Å². The number of sulfonamides is 1. The number of nitrogens with zero attached hydrogens (tertiary/aromatic N) is 2. The van der Waals surface area contributed by atoms with Crippen LogP contribution in [0.3, 0.4) is 0 Å². The third-order valence-corrected chi connectivity index (χ3v) is 7.47. The van der Waals surface area contributed by atoms with Crippen molar-refractivity contribution in [3.8, 4) is 0 Å². The minimum absolute atomic E-state index is 0.0477. The lowest BCUT2D eigenvalue weighted by Gasteiger charge is -2.34. The summed E-state index contributed by atoms with van der Waals surface area (Å²) in [6.07, 6.45) is 0.266. The van der Waals surface area contributed by atoms with Crippen molar-refractivity contribution in [3.63, 3.8) is 0 Å². The topological polar surface area (TPSA) is 74.8 Å². The Labute approximate surface area is 182 Å². The first-order chi connectivity index (χ1) is 14.2. The number of benzene rings is 2. The molecular weight excluding hydrogens is 424 g/mol. The molecule has 0 atom stereocenters. The van der Waals surface area contributed by atoms with Crippen LogP contribution in [0.4, 0.5) is 0 Å². The molecule has 1 amide bonds. The first-order valence-corrected chi connectivity index (χ1v) is 11.6.